The van der Waals surface area contributed by atoms with Crippen molar-refractivity contribution in [3.05, 3.63) is 16.4 Å². The minimum Gasteiger partial charge on any atom is -0.314 e. The maximum atomic E-state index is 4.53. The third-order valence-corrected chi connectivity index (χ3v) is 4.47. The predicted molar refractivity (Wildman–Crippen MR) is 79.0 cm³/mol. The van der Waals surface area contributed by atoms with E-state index in [0.717, 1.165) is 6.54 Å². The van der Waals surface area contributed by atoms with Crippen molar-refractivity contribution >= 4 is 15.9 Å². The highest BCUT2D eigenvalue weighted by molar-refractivity contribution is 9.10. The SMILES string of the molecule is CCNC1CCCCC1c1c(Br)cnn1C(C)C. The van der Waals surface area contributed by atoms with E-state index in [-0.39, 0.29) is 0 Å². The Morgan fingerprint density at radius 3 is 2.83 bits per heavy atom. The second-order valence-corrected chi connectivity index (χ2v) is 6.33. The molecular weight excluding hydrogens is 290 g/mol. The van der Waals surface area contributed by atoms with Crippen molar-refractivity contribution in [2.75, 3.05) is 6.54 Å². The fraction of sp³-hybridized carbons (Fsp3) is 0.786. The lowest BCUT2D eigenvalue weighted by molar-refractivity contribution is 0.313. The molecule has 2 rings (SSSR count). The van der Waals surface area contributed by atoms with Crippen LogP contribution in [-0.4, -0.2) is 22.4 Å². The molecule has 0 aliphatic heterocycles. The Labute approximate surface area is 118 Å². The molecule has 3 nitrogen and oxygen atoms in total. The molecule has 1 aromatic rings. The van der Waals surface area contributed by atoms with Crippen LogP contribution in [0.2, 0.25) is 0 Å². The first-order valence-corrected chi connectivity index (χ1v) is 7.90. The molecule has 0 bridgehead atoms. The van der Waals surface area contributed by atoms with Crippen LogP contribution in [0.25, 0.3) is 0 Å². The molecule has 1 N–H and O–H groups in total. The Morgan fingerprint density at radius 2 is 2.17 bits per heavy atom. The number of hydrogen-bond acceptors (Lipinski definition) is 2. The minimum absolute atomic E-state index is 0.426. The number of likely N-dealkylation sites (N-methyl/N-ethyl adjacent to an activating group) is 1. The van der Waals surface area contributed by atoms with E-state index in [1.807, 2.05) is 6.20 Å². The minimum atomic E-state index is 0.426. The maximum Gasteiger partial charge on any atom is 0.0635 e. The van der Waals surface area contributed by atoms with E-state index in [1.165, 1.54) is 35.8 Å². The normalized spacial score (nSPS) is 24.7. The highest BCUT2D eigenvalue weighted by atomic mass is 79.9. The van der Waals surface area contributed by atoms with E-state index in [9.17, 15) is 0 Å². The summed E-state index contributed by atoms with van der Waals surface area (Å²) in [5.41, 5.74) is 1.38. The molecule has 0 amide bonds. The van der Waals surface area contributed by atoms with Gasteiger partial charge in [0.15, 0.2) is 0 Å². The number of nitrogens with zero attached hydrogens (tertiary/aromatic N) is 2. The number of rotatable bonds is 4. The van der Waals surface area contributed by atoms with Gasteiger partial charge in [-0.2, -0.15) is 5.10 Å². The molecule has 0 spiro atoms. The van der Waals surface area contributed by atoms with Gasteiger partial charge in [0.2, 0.25) is 0 Å². The van der Waals surface area contributed by atoms with Crippen LogP contribution in [0.3, 0.4) is 0 Å². The fourth-order valence-corrected chi connectivity index (χ4v) is 3.64. The van der Waals surface area contributed by atoms with Crippen molar-refractivity contribution in [1.29, 1.82) is 0 Å². The molecule has 102 valence electrons. The van der Waals surface area contributed by atoms with Gasteiger partial charge in [-0.25, -0.2) is 0 Å². The molecule has 1 fully saturated rings. The van der Waals surface area contributed by atoms with Crippen LogP contribution in [0.1, 0.15) is 64.1 Å². The lowest BCUT2D eigenvalue weighted by Gasteiger charge is -2.33. The zero-order valence-corrected chi connectivity index (χ0v) is 13.2. The summed E-state index contributed by atoms with van der Waals surface area (Å²) in [6.45, 7) is 7.65. The first-order valence-electron chi connectivity index (χ1n) is 7.11. The van der Waals surface area contributed by atoms with Gasteiger partial charge >= 0.3 is 0 Å². The van der Waals surface area contributed by atoms with Crippen LogP contribution in [0, 0.1) is 0 Å². The largest absolute Gasteiger partial charge is 0.314 e. The quantitative estimate of drug-likeness (QED) is 0.914. The Balaban J connectivity index is 2.30. The topological polar surface area (TPSA) is 29.9 Å². The van der Waals surface area contributed by atoms with Gasteiger partial charge in [-0.05, 0) is 49.2 Å². The average Bonchev–Trinajstić information content (AvgIpc) is 2.72. The van der Waals surface area contributed by atoms with Gasteiger partial charge < -0.3 is 5.32 Å². The van der Waals surface area contributed by atoms with Crippen molar-refractivity contribution in [3.8, 4) is 0 Å². The lowest BCUT2D eigenvalue weighted by Crippen LogP contribution is -2.38. The van der Waals surface area contributed by atoms with Crippen LogP contribution in [0.15, 0.2) is 10.7 Å². The van der Waals surface area contributed by atoms with Crippen molar-refractivity contribution < 1.29 is 0 Å². The molecule has 4 heteroatoms. The molecule has 2 atom stereocenters. The molecule has 18 heavy (non-hydrogen) atoms. The summed E-state index contributed by atoms with van der Waals surface area (Å²) in [5, 5.41) is 8.18. The van der Waals surface area contributed by atoms with E-state index in [1.54, 1.807) is 0 Å². The van der Waals surface area contributed by atoms with Gasteiger partial charge in [0.1, 0.15) is 0 Å². The van der Waals surface area contributed by atoms with Crippen molar-refractivity contribution in [3.63, 3.8) is 0 Å². The van der Waals surface area contributed by atoms with E-state index in [2.05, 4.69) is 51.8 Å². The van der Waals surface area contributed by atoms with Gasteiger partial charge in [-0.1, -0.05) is 19.8 Å². The molecule has 1 aromatic heterocycles. The van der Waals surface area contributed by atoms with Crippen LogP contribution < -0.4 is 5.32 Å². The van der Waals surface area contributed by atoms with Gasteiger partial charge in [0.05, 0.1) is 16.4 Å². The molecule has 1 heterocycles. The average molecular weight is 314 g/mol. The van der Waals surface area contributed by atoms with Crippen molar-refractivity contribution in [2.24, 2.45) is 0 Å². The zero-order chi connectivity index (χ0) is 13.1. The van der Waals surface area contributed by atoms with E-state index in [4.69, 9.17) is 0 Å². The standard InChI is InChI=1S/C14H24BrN3/c1-4-16-13-8-6-5-7-11(13)14-12(15)9-17-18(14)10(2)3/h9-11,13,16H,4-8H2,1-3H3. The maximum absolute atomic E-state index is 4.53. The zero-order valence-electron chi connectivity index (χ0n) is 11.6. The number of aromatic nitrogens is 2. The Hall–Kier alpha value is -0.350. The van der Waals surface area contributed by atoms with E-state index < -0.39 is 0 Å². The monoisotopic (exact) mass is 313 g/mol. The number of halogens is 1. The van der Waals surface area contributed by atoms with Gasteiger partial charge in [-0.15, -0.1) is 0 Å². The molecule has 2 unspecified atom stereocenters. The summed E-state index contributed by atoms with van der Waals surface area (Å²) >= 11 is 3.69. The first kappa shape index (κ1) is 14.1. The summed E-state index contributed by atoms with van der Waals surface area (Å²) in [6, 6.07) is 1.03. The molecule has 1 aliphatic carbocycles. The van der Waals surface area contributed by atoms with Crippen LogP contribution in [0.5, 0.6) is 0 Å². The van der Waals surface area contributed by atoms with Gasteiger partial charge in [-0.3, -0.25) is 4.68 Å². The van der Waals surface area contributed by atoms with E-state index in [0.29, 0.717) is 18.0 Å². The summed E-state index contributed by atoms with van der Waals surface area (Å²) in [6.07, 6.45) is 7.19. The van der Waals surface area contributed by atoms with Crippen LogP contribution in [0.4, 0.5) is 0 Å². The Morgan fingerprint density at radius 1 is 1.44 bits per heavy atom. The number of hydrogen-bond donors (Lipinski definition) is 1. The summed E-state index contributed by atoms with van der Waals surface area (Å²) in [7, 11) is 0. The second kappa shape index (κ2) is 6.20. The summed E-state index contributed by atoms with van der Waals surface area (Å²) < 4.78 is 3.36. The van der Waals surface area contributed by atoms with Crippen LogP contribution >= 0.6 is 15.9 Å². The van der Waals surface area contributed by atoms with Gasteiger partial charge in [0.25, 0.3) is 0 Å². The molecule has 1 saturated carbocycles. The van der Waals surface area contributed by atoms with Crippen LogP contribution in [-0.2, 0) is 0 Å². The smallest absolute Gasteiger partial charge is 0.0635 e. The molecule has 0 radical (unpaired) electrons. The predicted octanol–water partition coefficient (Wildman–Crippen LogP) is 3.86. The second-order valence-electron chi connectivity index (χ2n) is 5.47. The highest BCUT2D eigenvalue weighted by Gasteiger charge is 2.30. The third-order valence-electron chi connectivity index (χ3n) is 3.86. The number of nitrogens with one attached hydrogen (secondary N) is 1. The Bertz CT molecular complexity index is 384. The fourth-order valence-electron chi connectivity index (χ4n) is 3.07. The Kier molecular flexibility index (Phi) is 4.84. The molecule has 0 saturated heterocycles. The van der Waals surface area contributed by atoms with Gasteiger partial charge in [0, 0.05) is 18.0 Å². The lowest BCUT2D eigenvalue weighted by atomic mass is 9.82. The molecular formula is C14H24BrN3. The van der Waals surface area contributed by atoms with Crippen molar-refractivity contribution in [2.45, 2.75) is 64.5 Å². The summed E-state index contributed by atoms with van der Waals surface area (Å²) in [5.74, 6) is 0.595. The summed E-state index contributed by atoms with van der Waals surface area (Å²) in [4.78, 5) is 0. The molecule has 1 aliphatic rings. The highest BCUT2D eigenvalue weighted by Crippen LogP contribution is 2.37. The van der Waals surface area contributed by atoms with Crippen molar-refractivity contribution in [1.82, 2.24) is 15.1 Å². The molecule has 0 aromatic carbocycles. The third kappa shape index (κ3) is 2.80. The first-order chi connectivity index (χ1) is 8.65. The van der Waals surface area contributed by atoms with E-state index >= 15 is 0 Å².